The molecule has 6 heteroatoms. The maximum Gasteiger partial charge on any atom is 0.234 e. The van der Waals surface area contributed by atoms with Crippen LogP contribution in [0.1, 0.15) is 17.0 Å². The number of benzene rings is 2. The van der Waals surface area contributed by atoms with Crippen molar-refractivity contribution in [3.8, 4) is 0 Å². The molecule has 0 saturated heterocycles. The lowest BCUT2D eigenvalue weighted by Crippen LogP contribution is -2.14. The van der Waals surface area contributed by atoms with Crippen molar-refractivity contribution in [2.75, 3.05) is 30.1 Å². The van der Waals surface area contributed by atoms with Crippen LogP contribution in [0.25, 0.3) is 0 Å². The van der Waals surface area contributed by atoms with Crippen LogP contribution in [-0.4, -0.2) is 35.7 Å². The lowest BCUT2D eigenvalue weighted by Gasteiger charge is -2.12. The summed E-state index contributed by atoms with van der Waals surface area (Å²) in [5.74, 6) is 0.268. The standard InChI is InChI=1S/C21H24N4OS/c1-15-19(13-16-7-5-4-6-8-16)24-21(22-15)27-14-20(26)23-17-9-11-18(12-10-17)25(2)3/h4-12H,13-14H2,1-3H3,(H,22,24)(H,23,26). The Kier molecular flexibility index (Phi) is 6.19. The molecule has 2 N–H and O–H groups in total. The van der Waals surface area contributed by atoms with E-state index in [4.69, 9.17) is 0 Å². The van der Waals surface area contributed by atoms with Crippen LogP contribution in [-0.2, 0) is 11.2 Å². The van der Waals surface area contributed by atoms with Gasteiger partial charge in [-0.25, -0.2) is 4.98 Å². The maximum atomic E-state index is 12.2. The van der Waals surface area contributed by atoms with E-state index in [1.807, 2.05) is 68.4 Å². The third kappa shape index (κ3) is 5.37. The molecular formula is C21H24N4OS. The van der Waals surface area contributed by atoms with Gasteiger partial charge in [-0.1, -0.05) is 42.1 Å². The van der Waals surface area contributed by atoms with Crippen LogP contribution in [0.5, 0.6) is 0 Å². The highest BCUT2D eigenvalue weighted by Gasteiger charge is 2.10. The van der Waals surface area contributed by atoms with Gasteiger partial charge in [-0.2, -0.15) is 0 Å². The second-order valence-electron chi connectivity index (χ2n) is 6.55. The van der Waals surface area contributed by atoms with Crippen molar-refractivity contribution in [3.63, 3.8) is 0 Å². The molecule has 0 fully saturated rings. The zero-order chi connectivity index (χ0) is 19.2. The van der Waals surface area contributed by atoms with Gasteiger partial charge < -0.3 is 15.2 Å². The zero-order valence-electron chi connectivity index (χ0n) is 15.8. The fraction of sp³-hybridized carbons (Fsp3) is 0.238. The highest BCUT2D eigenvalue weighted by atomic mass is 32.2. The Bertz CT molecular complexity index is 888. The summed E-state index contributed by atoms with van der Waals surface area (Å²) in [5.41, 5.74) is 5.18. The van der Waals surface area contributed by atoms with Crippen molar-refractivity contribution in [2.24, 2.45) is 0 Å². The number of nitrogens with one attached hydrogen (secondary N) is 2. The molecule has 1 heterocycles. The molecule has 3 rings (SSSR count). The summed E-state index contributed by atoms with van der Waals surface area (Å²) in [4.78, 5) is 22.1. The van der Waals surface area contributed by atoms with Gasteiger partial charge in [-0.05, 0) is 36.8 Å². The molecule has 1 aromatic heterocycles. The predicted octanol–water partition coefficient (Wildman–Crippen LogP) is 4.11. The molecule has 27 heavy (non-hydrogen) atoms. The van der Waals surface area contributed by atoms with Gasteiger partial charge >= 0.3 is 0 Å². The highest BCUT2D eigenvalue weighted by molar-refractivity contribution is 7.99. The molecule has 0 atom stereocenters. The number of aromatic amines is 1. The molecule has 0 radical (unpaired) electrons. The largest absolute Gasteiger partial charge is 0.378 e. The molecule has 0 aliphatic carbocycles. The van der Waals surface area contributed by atoms with Gasteiger partial charge in [0.15, 0.2) is 5.16 Å². The predicted molar refractivity (Wildman–Crippen MR) is 113 cm³/mol. The Labute approximate surface area is 164 Å². The number of thioether (sulfide) groups is 1. The summed E-state index contributed by atoms with van der Waals surface area (Å²) >= 11 is 1.41. The lowest BCUT2D eigenvalue weighted by molar-refractivity contribution is -0.113. The first-order valence-corrected chi connectivity index (χ1v) is 9.79. The summed E-state index contributed by atoms with van der Waals surface area (Å²) in [6.45, 7) is 2.02. The number of aromatic nitrogens is 2. The SMILES string of the molecule is Cc1[nH]c(SCC(=O)Nc2ccc(N(C)C)cc2)nc1Cc1ccccc1. The number of anilines is 2. The molecule has 0 saturated carbocycles. The number of hydrogen-bond donors (Lipinski definition) is 2. The van der Waals surface area contributed by atoms with Crippen LogP contribution in [0.2, 0.25) is 0 Å². The molecule has 1 amide bonds. The topological polar surface area (TPSA) is 61.0 Å². The van der Waals surface area contributed by atoms with Gasteiger partial charge in [0.25, 0.3) is 0 Å². The van der Waals surface area contributed by atoms with Gasteiger partial charge in [0.05, 0.1) is 11.4 Å². The molecule has 0 spiro atoms. The average molecular weight is 381 g/mol. The quantitative estimate of drug-likeness (QED) is 0.606. The summed E-state index contributed by atoms with van der Waals surface area (Å²) < 4.78 is 0. The number of H-pyrrole nitrogens is 1. The third-order valence-electron chi connectivity index (χ3n) is 4.19. The fourth-order valence-electron chi connectivity index (χ4n) is 2.67. The van der Waals surface area contributed by atoms with E-state index in [1.165, 1.54) is 17.3 Å². The number of hydrogen-bond acceptors (Lipinski definition) is 4. The van der Waals surface area contributed by atoms with Crippen molar-refractivity contribution in [2.45, 2.75) is 18.5 Å². The molecule has 5 nitrogen and oxygen atoms in total. The van der Waals surface area contributed by atoms with Gasteiger partial charge in [-0.3, -0.25) is 4.79 Å². The second kappa shape index (κ2) is 8.77. The normalized spacial score (nSPS) is 10.6. The monoisotopic (exact) mass is 380 g/mol. The molecule has 0 unspecified atom stereocenters. The Hall–Kier alpha value is -2.73. The number of rotatable bonds is 7. The van der Waals surface area contributed by atoms with Crippen molar-refractivity contribution >= 4 is 29.0 Å². The van der Waals surface area contributed by atoms with Gasteiger partial charge in [0.1, 0.15) is 0 Å². The van der Waals surface area contributed by atoms with E-state index in [-0.39, 0.29) is 5.91 Å². The Morgan fingerprint density at radius 3 is 2.48 bits per heavy atom. The van der Waals surface area contributed by atoms with Crippen molar-refractivity contribution < 1.29 is 4.79 Å². The van der Waals surface area contributed by atoms with Crippen LogP contribution >= 0.6 is 11.8 Å². The molecule has 140 valence electrons. The van der Waals surface area contributed by atoms with Crippen LogP contribution in [0.3, 0.4) is 0 Å². The minimum Gasteiger partial charge on any atom is -0.378 e. The van der Waals surface area contributed by atoms with Gasteiger partial charge in [0.2, 0.25) is 5.91 Å². The molecule has 0 aliphatic rings. The Balaban J connectivity index is 1.53. The number of imidazole rings is 1. The van der Waals surface area contributed by atoms with E-state index >= 15 is 0 Å². The third-order valence-corrected chi connectivity index (χ3v) is 5.06. The minimum atomic E-state index is -0.0451. The summed E-state index contributed by atoms with van der Waals surface area (Å²) in [7, 11) is 3.98. The molecule has 0 aliphatic heterocycles. The van der Waals surface area contributed by atoms with E-state index in [1.54, 1.807) is 0 Å². The number of aryl methyl sites for hydroxylation is 1. The first-order valence-electron chi connectivity index (χ1n) is 8.80. The summed E-state index contributed by atoms with van der Waals surface area (Å²) in [5, 5.41) is 3.69. The first kappa shape index (κ1) is 19.0. The summed E-state index contributed by atoms with van der Waals surface area (Å²) in [6.07, 6.45) is 0.786. The first-order chi connectivity index (χ1) is 13.0. The zero-order valence-corrected chi connectivity index (χ0v) is 16.6. The molecular weight excluding hydrogens is 356 g/mol. The lowest BCUT2D eigenvalue weighted by atomic mass is 10.1. The molecule has 2 aromatic carbocycles. The van der Waals surface area contributed by atoms with E-state index in [9.17, 15) is 4.79 Å². The number of carbonyl (C=O) groups is 1. The van der Waals surface area contributed by atoms with Crippen LogP contribution in [0, 0.1) is 6.92 Å². The minimum absolute atomic E-state index is 0.0451. The van der Waals surface area contributed by atoms with Crippen molar-refractivity contribution in [1.29, 1.82) is 0 Å². The number of nitrogens with zero attached hydrogens (tertiary/aromatic N) is 2. The highest BCUT2D eigenvalue weighted by Crippen LogP contribution is 2.20. The van der Waals surface area contributed by atoms with E-state index in [0.29, 0.717) is 5.75 Å². The summed E-state index contributed by atoms with van der Waals surface area (Å²) in [6, 6.07) is 18.0. The van der Waals surface area contributed by atoms with Crippen LogP contribution in [0.15, 0.2) is 59.8 Å². The fourth-order valence-corrected chi connectivity index (χ4v) is 3.41. The van der Waals surface area contributed by atoms with E-state index in [0.717, 1.165) is 34.3 Å². The van der Waals surface area contributed by atoms with Gasteiger partial charge in [0, 0.05) is 37.6 Å². The van der Waals surface area contributed by atoms with Crippen molar-refractivity contribution in [3.05, 3.63) is 71.5 Å². The number of carbonyl (C=O) groups excluding carboxylic acids is 1. The van der Waals surface area contributed by atoms with Crippen molar-refractivity contribution in [1.82, 2.24) is 9.97 Å². The average Bonchev–Trinajstić information content (AvgIpc) is 3.01. The van der Waals surface area contributed by atoms with E-state index < -0.39 is 0 Å². The molecule has 0 bridgehead atoms. The molecule has 3 aromatic rings. The van der Waals surface area contributed by atoms with Crippen LogP contribution < -0.4 is 10.2 Å². The number of amides is 1. The Morgan fingerprint density at radius 1 is 1.11 bits per heavy atom. The van der Waals surface area contributed by atoms with Gasteiger partial charge in [-0.15, -0.1) is 0 Å². The second-order valence-corrected chi connectivity index (χ2v) is 7.52. The smallest absolute Gasteiger partial charge is 0.234 e. The maximum absolute atomic E-state index is 12.2. The Morgan fingerprint density at radius 2 is 1.81 bits per heavy atom. The van der Waals surface area contributed by atoms with Crippen LogP contribution in [0.4, 0.5) is 11.4 Å². The van der Waals surface area contributed by atoms with E-state index in [2.05, 4.69) is 27.4 Å².